The number of alkyl halides is 2. The number of allylic oxidation sites excluding steroid dienone is 2. The summed E-state index contributed by atoms with van der Waals surface area (Å²) in [5.74, 6) is 0.815. The maximum absolute atomic E-state index is 5.52. The fraction of sp³-hybridized carbons (Fsp3) is 0.750. The van der Waals surface area contributed by atoms with Gasteiger partial charge in [0.15, 0.2) is 0 Å². The summed E-state index contributed by atoms with van der Waals surface area (Å²) in [4.78, 5) is 0. The second kappa shape index (κ2) is 9.76. The Morgan fingerprint density at radius 3 is 2.50 bits per heavy atom. The molecule has 0 aliphatic rings. The van der Waals surface area contributed by atoms with Gasteiger partial charge in [-0.1, -0.05) is 41.2 Å². The molecule has 0 atom stereocenters. The molecule has 0 spiro atoms. The van der Waals surface area contributed by atoms with E-state index in [4.69, 9.17) is 11.6 Å². The lowest BCUT2D eigenvalue weighted by Crippen LogP contribution is -1.76. The lowest BCUT2D eigenvalue weighted by molar-refractivity contribution is 0.732. The summed E-state index contributed by atoms with van der Waals surface area (Å²) < 4.78 is 1.13. The van der Waals surface area contributed by atoms with Gasteiger partial charge in [0.05, 0.1) is 0 Å². The first-order valence-electron chi connectivity index (χ1n) is 3.68. The molecule has 0 saturated carbocycles. The monoisotopic (exact) mass is 272 g/mol. The fourth-order valence-electron chi connectivity index (χ4n) is 0.714. The summed E-state index contributed by atoms with van der Waals surface area (Å²) in [5.41, 5.74) is 0. The van der Waals surface area contributed by atoms with Crippen LogP contribution in [0.3, 0.4) is 0 Å². The van der Waals surface area contributed by atoms with Gasteiger partial charge >= 0.3 is 0 Å². The van der Waals surface area contributed by atoms with Crippen LogP contribution in [0, 0.1) is 0 Å². The first-order valence-corrected chi connectivity index (χ1v) is 5.74. The van der Waals surface area contributed by atoms with Gasteiger partial charge in [0.1, 0.15) is 0 Å². The van der Waals surface area contributed by atoms with Gasteiger partial charge in [0.2, 0.25) is 0 Å². The van der Waals surface area contributed by atoms with Crippen LogP contribution in [0.4, 0.5) is 0 Å². The fourth-order valence-corrected chi connectivity index (χ4v) is 1.26. The zero-order valence-electron chi connectivity index (χ0n) is 6.15. The average molecular weight is 273 g/mol. The molecule has 0 amide bonds. The highest BCUT2D eigenvalue weighted by Crippen LogP contribution is 2.01. The van der Waals surface area contributed by atoms with Crippen molar-refractivity contribution >= 4 is 34.2 Å². The van der Waals surface area contributed by atoms with Crippen LogP contribution in [-0.4, -0.2) is 10.3 Å². The first kappa shape index (κ1) is 10.8. The molecule has 0 aliphatic heterocycles. The Morgan fingerprint density at radius 1 is 1.10 bits per heavy atom. The minimum Gasteiger partial charge on any atom is -0.127 e. The van der Waals surface area contributed by atoms with Crippen LogP contribution < -0.4 is 0 Å². The molecule has 0 unspecified atom stereocenters. The number of halogens is 2. The van der Waals surface area contributed by atoms with Gasteiger partial charge in [0, 0.05) is 10.3 Å². The molecular formula is C8H14ClI. The quantitative estimate of drug-likeness (QED) is 0.299. The van der Waals surface area contributed by atoms with Crippen molar-refractivity contribution in [2.75, 3.05) is 10.3 Å². The second-order valence-corrected chi connectivity index (χ2v) is 3.42. The molecule has 0 saturated heterocycles. The molecule has 0 fully saturated rings. The minimum atomic E-state index is 0.815. The lowest BCUT2D eigenvalue weighted by atomic mass is 10.2. The summed E-state index contributed by atoms with van der Waals surface area (Å²) in [7, 11) is 0. The van der Waals surface area contributed by atoms with Gasteiger partial charge in [-0.2, -0.15) is 0 Å². The van der Waals surface area contributed by atoms with E-state index in [-0.39, 0.29) is 0 Å². The molecule has 0 aromatic heterocycles. The highest BCUT2D eigenvalue weighted by molar-refractivity contribution is 14.1. The van der Waals surface area contributed by atoms with Crippen LogP contribution in [0.5, 0.6) is 0 Å². The SMILES string of the molecule is ClCCCCCC=CCI. The maximum atomic E-state index is 5.52. The van der Waals surface area contributed by atoms with Crippen LogP contribution in [0.25, 0.3) is 0 Å². The molecule has 10 heavy (non-hydrogen) atoms. The largest absolute Gasteiger partial charge is 0.127 e. The summed E-state index contributed by atoms with van der Waals surface area (Å²) >= 11 is 7.87. The molecule has 0 rings (SSSR count). The van der Waals surface area contributed by atoms with E-state index in [0.717, 1.165) is 10.3 Å². The Labute approximate surface area is 82.2 Å². The van der Waals surface area contributed by atoms with Gasteiger partial charge in [-0.3, -0.25) is 0 Å². The molecule has 0 bridgehead atoms. The molecule has 2 heteroatoms. The smallest absolute Gasteiger partial charge is 0.0223 e. The maximum Gasteiger partial charge on any atom is 0.0223 e. The Bertz CT molecular complexity index is 81.3. The highest BCUT2D eigenvalue weighted by Gasteiger charge is 1.83. The van der Waals surface area contributed by atoms with Gasteiger partial charge in [-0.25, -0.2) is 0 Å². The van der Waals surface area contributed by atoms with Crippen LogP contribution in [0.15, 0.2) is 12.2 Å². The number of hydrogen-bond donors (Lipinski definition) is 0. The van der Waals surface area contributed by atoms with E-state index in [2.05, 4.69) is 34.7 Å². The topological polar surface area (TPSA) is 0 Å². The van der Waals surface area contributed by atoms with Crippen molar-refractivity contribution in [1.82, 2.24) is 0 Å². The molecule has 0 N–H and O–H groups in total. The van der Waals surface area contributed by atoms with E-state index in [0.29, 0.717) is 0 Å². The van der Waals surface area contributed by atoms with E-state index < -0.39 is 0 Å². The van der Waals surface area contributed by atoms with Crippen molar-refractivity contribution in [1.29, 1.82) is 0 Å². The Morgan fingerprint density at radius 2 is 1.90 bits per heavy atom. The van der Waals surface area contributed by atoms with Gasteiger partial charge < -0.3 is 0 Å². The standard InChI is InChI=1S/C8H14ClI/c9-7-5-3-1-2-4-6-8-10/h4,6H,1-3,5,7-8H2. The molecular weight excluding hydrogens is 258 g/mol. The Balaban J connectivity index is 2.83. The Kier molecular flexibility index (Phi) is 10.5. The Hall–Kier alpha value is 0.760. The third-order valence-electron chi connectivity index (χ3n) is 1.26. The average Bonchev–Trinajstić information content (AvgIpc) is 1.97. The normalized spacial score (nSPS) is 11.0. The number of rotatable bonds is 6. The van der Waals surface area contributed by atoms with Gasteiger partial charge in [-0.15, -0.1) is 11.6 Å². The second-order valence-electron chi connectivity index (χ2n) is 2.16. The van der Waals surface area contributed by atoms with Crippen LogP contribution in [0.1, 0.15) is 25.7 Å². The zero-order chi connectivity index (χ0) is 7.66. The van der Waals surface area contributed by atoms with Crippen molar-refractivity contribution in [3.8, 4) is 0 Å². The molecule has 0 aromatic rings. The summed E-state index contributed by atoms with van der Waals surface area (Å²) in [5, 5.41) is 0. The molecule has 0 heterocycles. The van der Waals surface area contributed by atoms with E-state index >= 15 is 0 Å². The van der Waals surface area contributed by atoms with E-state index in [1.807, 2.05) is 0 Å². The number of unbranched alkanes of at least 4 members (excludes halogenated alkanes) is 3. The van der Waals surface area contributed by atoms with Crippen molar-refractivity contribution in [3.05, 3.63) is 12.2 Å². The molecule has 0 nitrogen and oxygen atoms in total. The summed E-state index contributed by atoms with van der Waals surface area (Å²) in [6.45, 7) is 0. The van der Waals surface area contributed by atoms with Crippen molar-refractivity contribution in [3.63, 3.8) is 0 Å². The third kappa shape index (κ3) is 8.76. The van der Waals surface area contributed by atoms with E-state index in [1.54, 1.807) is 0 Å². The highest BCUT2D eigenvalue weighted by atomic mass is 127. The summed E-state index contributed by atoms with van der Waals surface area (Å²) in [6, 6.07) is 0. The van der Waals surface area contributed by atoms with E-state index in [9.17, 15) is 0 Å². The van der Waals surface area contributed by atoms with E-state index in [1.165, 1.54) is 25.7 Å². The predicted octanol–water partition coefficient (Wildman–Crippen LogP) is 3.78. The van der Waals surface area contributed by atoms with Gasteiger partial charge in [0.25, 0.3) is 0 Å². The van der Waals surface area contributed by atoms with Crippen molar-refractivity contribution in [2.45, 2.75) is 25.7 Å². The first-order chi connectivity index (χ1) is 4.91. The molecule has 0 aliphatic carbocycles. The lowest BCUT2D eigenvalue weighted by Gasteiger charge is -1.92. The van der Waals surface area contributed by atoms with Crippen LogP contribution in [-0.2, 0) is 0 Å². The third-order valence-corrected chi connectivity index (χ3v) is 2.04. The molecule has 0 radical (unpaired) electrons. The van der Waals surface area contributed by atoms with Crippen LogP contribution in [0.2, 0.25) is 0 Å². The molecule has 60 valence electrons. The molecule has 0 aromatic carbocycles. The summed E-state index contributed by atoms with van der Waals surface area (Å²) in [6.07, 6.45) is 9.41. The minimum absolute atomic E-state index is 0.815. The van der Waals surface area contributed by atoms with Crippen LogP contribution >= 0.6 is 34.2 Å². The van der Waals surface area contributed by atoms with Gasteiger partial charge in [-0.05, 0) is 19.3 Å². The predicted molar refractivity (Wildman–Crippen MR) is 57.2 cm³/mol. The van der Waals surface area contributed by atoms with Crippen molar-refractivity contribution in [2.24, 2.45) is 0 Å². The zero-order valence-corrected chi connectivity index (χ0v) is 9.07. The van der Waals surface area contributed by atoms with Crippen molar-refractivity contribution < 1.29 is 0 Å². The number of hydrogen-bond acceptors (Lipinski definition) is 0.